The SMILES string of the molecule is COc1ccc(Cn2c3nc(S(C)(=O)=O)nc(OCc4ccccc4)c3c3c2c(Br)nn3C)cc1. The Hall–Kier alpha value is -3.44. The van der Waals surface area contributed by atoms with Crippen molar-refractivity contribution < 1.29 is 17.9 Å². The van der Waals surface area contributed by atoms with Crippen LogP contribution in [-0.4, -0.2) is 46.1 Å². The van der Waals surface area contributed by atoms with Crippen LogP contribution in [0.2, 0.25) is 0 Å². The Morgan fingerprint density at radius 2 is 1.69 bits per heavy atom. The molecule has 0 aliphatic heterocycles. The number of rotatable bonds is 7. The Labute approximate surface area is 210 Å². The van der Waals surface area contributed by atoms with Crippen molar-refractivity contribution in [3.63, 3.8) is 0 Å². The standard InChI is InChI=1S/C24H22BrN5O4S/c1-29-19-18-22(30(20(19)21(25)28-29)13-15-9-11-17(33-2)12-10-15)26-24(35(3,31)32)27-23(18)34-14-16-7-5-4-6-8-16/h4-12H,13-14H2,1-3H3. The van der Waals surface area contributed by atoms with E-state index in [1.807, 2.05) is 66.2 Å². The Morgan fingerprint density at radius 3 is 2.34 bits per heavy atom. The van der Waals surface area contributed by atoms with Gasteiger partial charge >= 0.3 is 0 Å². The topological polar surface area (TPSA) is 101 Å². The molecule has 2 aromatic carbocycles. The van der Waals surface area contributed by atoms with Crippen LogP contribution < -0.4 is 9.47 Å². The molecule has 9 nitrogen and oxygen atoms in total. The van der Waals surface area contributed by atoms with E-state index in [-0.39, 0.29) is 17.6 Å². The predicted molar refractivity (Wildman–Crippen MR) is 135 cm³/mol. The summed E-state index contributed by atoms with van der Waals surface area (Å²) in [7, 11) is -0.274. The summed E-state index contributed by atoms with van der Waals surface area (Å²) in [5.74, 6) is 0.936. The van der Waals surface area contributed by atoms with Crippen molar-refractivity contribution >= 4 is 47.8 Å². The predicted octanol–water partition coefficient (Wildman–Crippen LogP) is 4.12. The average Bonchev–Trinajstić information content (AvgIpc) is 3.32. The molecule has 0 amide bonds. The molecule has 3 aromatic heterocycles. The summed E-state index contributed by atoms with van der Waals surface area (Å²) in [6, 6.07) is 17.3. The number of hydrogen-bond acceptors (Lipinski definition) is 7. The van der Waals surface area contributed by atoms with Gasteiger partial charge in [-0.15, -0.1) is 0 Å². The van der Waals surface area contributed by atoms with Crippen molar-refractivity contribution in [1.29, 1.82) is 0 Å². The van der Waals surface area contributed by atoms with E-state index in [0.717, 1.165) is 34.2 Å². The maximum Gasteiger partial charge on any atom is 0.252 e. The number of benzene rings is 2. The molecule has 35 heavy (non-hydrogen) atoms. The van der Waals surface area contributed by atoms with Crippen LogP contribution in [0.3, 0.4) is 0 Å². The first-order valence-electron chi connectivity index (χ1n) is 10.7. The zero-order valence-corrected chi connectivity index (χ0v) is 21.7. The number of aromatic nitrogens is 5. The molecule has 180 valence electrons. The van der Waals surface area contributed by atoms with Gasteiger partial charge in [0.15, 0.2) is 10.3 Å². The largest absolute Gasteiger partial charge is 0.497 e. The van der Waals surface area contributed by atoms with Gasteiger partial charge in [-0.05, 0) is 39.2 Å². The van der Waals surface area contributed by atoms with Crippen molar-refractivity contribution in [3.8, 4) is 11.6 Å². The first-order valence-corrected chi connectivity index (χ1v) is 13.4. The monoisotopic (exact) mass is 555 g/mol. The van der Waals surface area contributed by atoms with E-state index in [1.54, 1.807) is 11.8 Å². The maximum atomic E-state index is 12.5. The van der Waals surface area contributed by atoms with Gasteiger partial charge in [0.25, 0.3) is 5.16 Å². The third kappa shape index (κ3) is 4.37. The Bertz CT molecular complexity index is 1650. The van der Waals surface area contributed by atoms with Gasteiger partial charge in [-0.2, -0.15) is 15.1 Å². The number of sulfone groups is 1. The van der Waals surface area contributed by atoms with Crippen molar-refractivity contribution in [2.75, 3.05) is 13.4 Å². The molecule has 0 radical (unpaired) electrons. The van der Waals surface area contributed by atoms with Gasteiger partial charge in [0.05, 0.1) is 7.11 Å². The van der Waals surface area contributed by atoms with Crippen LogP contribution in [0.5, 0.6) is 11.6 Å². The lowest BCUT2D eigenvalue weighted by Crippen LogP contribution is -2.09. The maximum absolute atomic E-state index is 12.5. The minimum absolute atomic E-state index is 0.188. The lowest BCUT2D eigenvalue weighted by atomic mass is 10.2. The number of fused-ring (bicyclic) bond motifs is 3. The van der Waals surface area contributed by atoms with Gasteiger partial charge in [-0.1, -0.05) is 42.5 Å². The summed E-state index contributed by atoms with van der Waals surface area (Å²) in [5, 5.41) is 4.82. The van der Waals surface area contributed by atoms with E-state index in [2.05, 4.69) is 31.0 Å². The van der Waals surface area contributed by atoms with Crippen molar-refractivity contribution in [1.82, 2.24) is 24.3 Å². The molecule has 0 fully saturated rings. The van der Waals surface area contributed by atoms with Gasteiger partial charge in [0, 0.05) is 19.8 Å². The number of aryl methyl sites for hydroxylation is 1. The third-order valence-electron chi connectivity index (χ3n) is 5.63. The highest BCUT2D eigenvalue weighted by atomic mass is 79.9. The van der Waals surface area contributed by atoms with Crippen LogP contribution in [0.25, 0.3) is 22.1 Å². The Morgan fingerprint density at radius 1 is 0.971 bits per heavy atom. The lowest BCUT2D eigenvalue weighted by molar-refractivity contribution is 0.295. The second kappa shape index (κ2) is 8.97. The van der Waals surface area contributed by atoms with Gasteiger partial charge in [-0.3, -0.25) is 4.68 Å². The van der Waals surface area contributed by atoms with Crippen molar-refractivity contribution in [2.24, 2.45) is 7.05 Å². The molecule has 3 heterocycles. The zero-order valence-electron chi connectivity index (χ0n) is 19.3. The first kappa shape index (κ1) is 23.3. The van der Waals surface area contributed by atoms with Crippen LogP contribution in [-0.2, 0) is 30.0 Å². The highest BCUT2D eigenvalue weighted by Gasteiger charge is 2.27. The van der Waals surface area contributed by atoms with Crippen LogP contribution in [0, 0.1) is 0 Å². The highest BCUT2D eigenvalue weighted by Crippen LogP contribution is 2.38. The quantitative estimate of drug-likeness (QED) is 0.278. The van der Waals surface area contributed by atoms with Crippen LogP contribution in [0.15, 0.2) is 64.4 Å². The molecule has 0 N–H and O–H groups in total. The number of methoxy groups -OCH3 is 1. The third-order valence-corrected chi connectivity index (χ3v) is 7.01. The molecule has 0 unspecified atom stereocenters. The molecule has 0 aliphatic carbocycles. The second-order valence-corrected chi connectivity index (χ2v) is 10.8. The minimum Gasteiger partial charge on any atom is -0.497 e. The minimum atomic E-state index is -3.71. The molecule has 0 atom stereocenters. The summed E-state index contributed by atoms with van der Waals surface area (Å²) in [6.07, 6.45) is 1.09. The fourth-order valence-corrected chi connectivity index (χ4v) is 5.12. The number of halogens is 1. The van der Waals surface area contributed by atoms with Crippen LogP contribution in [0.1, 0.15) is 11.1 Å². The summed E-state index contributed by atoms with van der Waals surface area (Å²) in [6.45, 7) is 0.646. The first-order chi connectivity index (χ1) is 16.8. The second-order valence-electron chi connectivity index (χ2n) is 8.10. The highest BCUT2D eigenvalue weighted by molar-refractivity contribution is 9.10. The van der Waals surface area contributed by atoms with Crippen LogP contribution >= 0.6 is 15.9 Å². The molecule has 0 saturated carbocycles. The van der Waals surface area contributed by atoms with E-state index in [1.165, 1.54) is 0 Å². The number of ether oxygens (including phenoxy) is 2. The summed E-state index contributed by atoms with van der Waals surface area (Å²) < 4.78 is 40.6. The van der Waals surface area contributed by atoms with Crippen molar-refractivity contribution in [3.05, 3.63) is 70.3 Å². The van der Waals surface area contributed by atoms with E-state index in [4.69, 9.17) is 9.47 Å². The molecule has 0 aliphatic rings. The van der Waals surface area contributed by atoms with Crippen LogP contribution in [0.4, 0.5) is 0 Å². The average molecular weight is 556 g/mol. The van der Waals surface area contributed by atoms with E-state index >= 15 is 0 Å². The van der Waals surface area contributed by atoms with E-state index < -0.39 is 9.84 Å². The van der Waals surface area contributed by atoms with Gasteiger partial charge < -0.3 is 14.0 Å². The fraction of sp³-hybridized carbons (Fsp3) is 0.208. The van der Waals surface area contributed by atoms with Gasteiger partial charge in [0.2, 0.25) is 15.7 Å². The molecular weight excluding hydrogens is 534 g/mol. The van der Waals surface area contributed by atoms with Gasteiger partial charge in [-0.25, -0.2) is 8.42 Å². The van der Waals surface area contributed by atoms with Crippen molar-refractivity contribution in [2.45, 2.75) is 18.3 Å². The number of hydrogen-bond donors (Lipinski definition) is 0. The molecule has 5 rings (SSSR count). The summed E-state index contributed by atoms with van der Waals surface area (Å²) in [5.41, 5.74) is 3.86. The normalized spacial score (nSPS) is 11.9. The molecule has 11 heteroatoms. The fourth-order valence-electron chi connectivity index (χ4n) is 3.98. The molecule has 0 saturated heterocycles. The zero-order chi connectivity index (χ0) is 24.7. The lowest BCUT2D eigenvalue weighted by Gasteiger charge is -2.11. The Balaban J connectivity index is 1.74. The van der Waals surface area contributed by atoms with E-state index in [9.17, 15) is 8.42 Å². The molecule has 0 bridgehead atoms. The van der Waals surface area contributed by atoms with E-state index in [0.29, 0.717) is 22.2 Å². The summed E-state index contributed by atoms with van der Waals surface area (Å²) >= 11 is 3.56. The molecule has 5 aromatic rings. The number of nitrogens with zero attached hydrogens (tertiary/aromatic N) is 5. The molecule has 0 spiro atoms. The smallest absolute Gasteiger partial charge is 0.252 e. The molecular formula is C24H22BrN5O4S. The Kier molecular flexibility index (Phi) is 5.97. The van der Waals surface area contributed by atoms with Gasteiger partial charge in [0.1, 0.15) is 28.8 Å². The summed E-state index contributed by atoms with van der Waals surface area (Å²) in [4.78, 5) is 8.80.